The number of hydrogen-bond acceptors (Lipinski definition) is 6. The molecule has 0 unspecified atom stereocenters. The maximum atomic E-state index is 13.1. The lowest BCUT2D eigenvalue weighted by Crippen LogP contribution is -2.50. The number of para-hydroxylation sites is 1. The summed E-state index contributed by atoms with van der Waals surface area (Å²) in [6.07, 6.45) is 1.64. The van der Waals surface area contributed by atoms with Crippen molar-refractivity contribution in [3.63, 3.8) is 0 Å². The molecular weight excluding hydrogens is 430 g/mol. The molecule has 0 N–H and O–H groups in total. The van der Waals surface area contributed by atoms with E-state index in [4.69, 9.17) is 4.74 Å². The molecule has 9 nitrogen and oxygen atoms in total. The van der Waals surface area contributed by atoms with E-state index in [1.807, 2.05) is 36.4 Å². The Morgan fingerprint density at radius 2 is 1.69 bits per heavy atom. The zero-order chi connectivity index (χ0) is 22.7. The lowest BCUT2D eigenvalue weighted by molar-refractivity contribution is 0.0688. The first-order valence-electron chi connectivity index (χ1n) is 9.93. The zero-order valence-corrected chi connectivity index (χ0v) is 18.2. The summed E-state index contributed by atoms with van der Waals surface area (Å²) in [6, 6.07) is 17.4. The molecule has 0 radical (unpaired) electrons. The highest BCUT2D eigenvalue weighted by Crippen LogP contribution is 2.24. The van der Waals surface area contributed by atoms with Crippen molar-refractivity contribution in [3.8, 4) is 17.5 Å². The highest BCUT2D eigenvalue weighted by atomic mass is 32.2. The number of amides is 1. The molecular formula is C22H21N5O4S. The van der Waals surface area contributed by atoms with Gasteiger partial charge in [0, 0.05) is 26.2 Å². The second-order valence-corrected chi connectivity index (χ2v) is 9.04. The Bertz CT molecular complexity index is 1270. The van der Waals surface area contributed by atoms with Gasteiger partial charge >= 0.3 is 0 Å². The van der Waals surface area contributed by atoms with Crippen LogP contribution in [0.2, 0.25) is 0 Å². The molecule has 1 aromatic heterocycles. The number of rotatable bonds is 5. The van der Waals surface area contributed by atoms with E-state index < -0.39 is 10.0 Å². The number of aromatic nitrogens is 2. The number of ether oxygens (including phenoxy) is 1. The van der Waals surface area contributed by atoms with E-state index in [1.54, 1.807) is 27.9 Å². The molecule has 2 heterocycles. The van der Waals surface area contributed by atoms with Crippen LogP contribution in [0.1, 0.15) is 16.1 Å². The van der Waals surface area contributed by atoms with Gasteiger partial charge in [0.1, 0.15) is 6.07 Å². The Kier molecular flexibility index (Phi) is 5.94. The minimum Gasteiger partial charge on any atom is -0.493 e. The maximum absolute atomic E-state index is 13.1. The second kappa shape index (κ2) is 8.82. The fourth-order valence-corrected chi connectivity index (χ4v) is 5.14. The highest BCUT2D eigenvalue weighted by molar-refractivity contribution is 7.89. The van der Waals surface area contributed by atoms with E-state index in [-0.39, 0.29) is 48.2 Å². The Balaban J connectivity index is 1.51. The quantitative estimate of drug-likeness (QED) is 0.586. The fraction of sp³-hybridized carbons (Fsp3) is 0.227. The van der Waals surface area contributed by atoms with E-state index in [0.717, 1.165) is 5.69 Å². The predicted molar refractivity (Wildman–Crippen MR) is 116 cm³/mol. The van der Waals surface area contributed by atoms with Crippen molar-refractivity contribution in [2.75, 3.05) is 33.3 Å². The van der Waals surface area contributed by atoms with Crippen LogP contribution in [-0.4, -0.2) is 66.6 Å². The molecule has 4 rings (SSSR count). The molecule has 2 aromatic carbocycles. The number of nitriles is 1. The second-order valence-electron chi connectivity index (χ2n) is 7.13. The van der Waals surface area contributed by atoms with Crippen molar-refractivity contribution in [1.82, 2.24) is 19.0 Å². The molecule has 10 heteroatoms. The predicted octanol–water partition coefficient (Wildman–Crippen LogP) is 1.90. The summed E-state index contributed by atoms with van der Waals surface area (Å²) in [4.78, 5) is 14.6. The van der Waals surface area contributed by atoms with Gasteiger partial charge in [-0.15, -0.1) is 0 Å². The molecule has 1 aliphatic rings. The average molecular weight is 452 g/mol. The van der Waals surface area contributed by atoms with Crippen LogP contribution in [-0.2, 0) is 10.0 Å². The Morgan fingerprint density at radius 3 is 2.34 bits per heavy atom. The van der Waals surface area contributed by atoms with Gasteiger partial charge in [0.25, 0.3) is 5.91 Å². The number of sulfonamides is 1. The van der Waals surface area contributed by atoms with Crippen LogP contribution in [0.4, 0.5) is 0 Å². The molecule has 1 fully saturated rings. The fourth-order valence-electron chi connectivity index (χ4n) is 3.57. The van der Waals surface area contributed by atoms with Gasteiger partial charge in [0.15, 0.2) is 11.4 Å². The summed E-state index contributed by atoms with van der Waals surface area (Å²) in [5.41, 5.74) is 1.06. The third-order valence-electron chi connectivity index (χ3n) is 5.28. The molecule has 1 amide bonds. The minimum absolute atomic E-state index is 0.0226. The van der Waals surface area contributed by atoms with Gasteiger partial charge in [-0.3, -0.25) is 4.79 Å². The van der Waals surface area contributed by atoms with Crippen LogP contribution in [0.15, 0.2) is 65.7 Å². The molecule has 3 aromatic rings. The third-order valence-corrected chi connectivity index (χ3v) is 7.23. The van der Waals surface area contributed by atoms with Gasteiger partial charge in [-0.1, -0.05) is 30.3 Å². The Morgan fingerprint density at radius 1 is 1.03 bits per heavy atom. The van der Waals surface area contributed by atoms with E-state index in [1.165, 1.54) is 23.5 Å². The largest absolute Gasteiger partial charge is 0.493 e. The van der Waals surface area contributed by atoms with Crippen molar-refractivity contribution >= 4 is 15.9 Å². The molecule has 1 aliphatic heterocycles. The molecule has 0 saturated carbocycles. The standard InChI is InChI=1S/C22H21N5O4S/c1-31-19-16-27(18-8-3-2-4-9-18)24-21(19)22(28)25-11-13-26(14-12-25)32(29,30)20-10-6-5-7-17(20)15-23/h2-10,16H,11-14H2,1H3. The topological polar surface area (TPSA) is 109 Å². The molecule has 164 valence electrons. The van der Waals surface area contributed by atoms with Crippen LogP contribution in [0.3, 0.4) is 0 Å². The first-order valence-corrected chi connectivity index (χ1v) is 11.4. The number of carbonyl (C=O) groups is 1. The number of carbonyl (C=O) groups excluding carboxylic acids is 1. The first-order chi connectivity index (χ1) is 15.5. The van der Waals surface area contributed by atoms with Gasteiger partial charge in [0.05, 0.1) is 29.5 Å². The summed E-state index contributed by atoms with van der Waals surface area (Å²) < 4.78 is 34.2. The summed E-state index contributed by atoms with van der Waals surface area (Å²) in [5.74, 6) is 0.0165. The van der Waals surface area contributed by atoms with Crippen molar-refractivity contribution in [2.45, 2.75) is 4.90 Å². The minimum atomic E-state index is -3.83. The normalized spacial score (nSPS) is 14.7. The Labute approximate surface area is 186 Å². The molecule has 0 atom stereocenters. The Hall–Kier alpha value is -3.68. The lowest BCUT2D eigenvalue weighted by atomic mass is 10.2. The third kappa shape index (κ3) is 3.95. The number of hydrogen-bond donors (Lipinski definition) is 0. The van der Waals surface area contributed by atoms with Gasteiger partial charge in [-0.2, -0.15) is 14.7 Å². The van der Waals surface area contributed by atoms with Crippen molar-refractivity contribution in [2.24, 2.45) is 0 Å². The number of nitrogens with zero attached hydrogens (tertiary/aromatic N) is 5. The van der Waals surface area contributed by atoms with Crippen molar-refractivity contribution < 1.29 is 17.9 Å². The lowest BCUT2D eigenvalue weighted by Gasteiger charge is -2.33. The number of benzene rings is 2. The van der Waals surface area contributed by atoms with Crippen LogP contribution in [0, 0.1) is 11.3 Å². The van der Waals surface area contributed by atoms with Gasteiger partial charge < -0.3 is 9.64 Å². The molecule has 1 saturated heterocycles. The monoisotopic (exact) mass is 451 g/mol. The highest BCUT2D eigenvalue weighted by Gasteiger charge is 2.33. The maximum Gasteiger partial charge on any atom is 0.278 e. The van der Waals surface area contributed by atoms with Gasteiger partial charge in [-0.05, 0) is 24.3 Å². The zero-order valence-electron chi connectivity index (χ0n) is 17.4. The molecule has 0 aliphatic carbocycles. The van der Waals surface area contributed by atoms with Crippen LogP contribution >= 0.6 is 0 Å². The van der Waals surface area contributed by atoms with Crippen LogP contribution < -0.4 is 4.74 Å². The number of methoxy groups -OCH3 is 1. The van der Waals surface area contributed by atoms with Crippen LogP contribution in [0.25, 0.3) is 5.69 Å². The molecule has 0 bridgehead atoms. The van der Waals surface area contributed by atoms with Gasteiger partial charge in [-0.25, -0.2) is 13.1 Å². The SMILES string of the molecule is COc1cn(-c2ccccc2)nc1C(=O)N1CCN(S(=O)(=O)c2ccccc2C#N)CC1. The number of piperazine rings is 1. The summed E-state index contributed by atoms with van der Waals surface area (Å²) in [6.45, 7) is 0.646. The van der Waals surface area contributed by atoms with Crippen LogP contribution in [0.5, 0.6) is 5.75 Å². The molecule has 0 spiro atoms. The van der Waals surface area contributed by atoms with E-state index >= 15 is 0 Å². The van der Waals surface area contributed by atoms with Crippen molar-refractivity contribution in [1.29, 1.82) is 5.26 Å². The smallest absolute Gasteiger partial charge is 0.278 e. The van der Waals surface area contributed by atoms with E-state index in [0.29, 0.717) is 5.75 Å². The first kappa shape index (κ1) is 21.5. The van der Waals surface area contributed by atoms with E-state index in [2.05, 4.69) is 5.10 Å². The van der Waals surface area contributed by atoms with E-state index in [9.17, 15) is 18.5 Å². The van der Waals surface area contributed by atoms with Gasteiger partial charge in [0.2, 0.25) is 10.0 Å². The summed E-state index contributed by atoms with van der Waals surface area (Å²) >= 11 is 0. The average Bonchev–Trinajstić information content (AvgIpc) is 3.28. The summed E-state index contributed by atoms with van der Waals surface area (Å²) in [7, 11) is -2.36. The molecule has 32 heavy (non-hydrogen) atoms. The van der Waals surface area contributed by atoms with Crippen molar-refractivity contribution in [3.05, 3.63) is 72.1 Å². The summed E-state index contributed by atoms with van der Waals surface area (Å²) in [5, 5.41) is 13.6.